The molecule has 2 rings (SSSR count). The molecule has 0 saturated heterocycles. The average molecular weight is 285 g/mol. The third kappa shape index (κ3) is 4.49. The lowest BCUT2D eigenvalue weighted by Crippen LogP contribution is -1.99. The molecule has 21 heavy (non-hydrogen) atoms. The van der Waals surface area contributed by atoms with Gasteiger partial charge in [0, 0.05) is 17.8 Å². The molecule has 1 N–H and O–H groups in total. The monoisotopic (exact) mass is 285 g/mol. The second kappa shape index (κ2) is 7.89. The van der Waals surface area contributed by atoms with Gasteiger partial charge in [0.1, 0.15) is 17.3 Å². The molecule has 0 aliphatic rings. The predicted molar refractivity (Wildman–Crippen MR) is 84.2 cm³/mol. The van der Waals surface area contributed by atoms with Crippen molar-refractivity contribution in [1.29, 1.82) is 0 Å². The third-order valence-electron chi connectivity index (χ3n) is 2.64. The van der Waals surface area contributed by atoms with Gasteiger partial charge in [0.25, 0.3) is 0 Å². The predicted octanol–water partition coefficient (Wildman–Crippen LogP) is 3.33. The van der Waals surface area contributed by atoms with E-state index < -0.39 is 0 Å². The van der Waals surface area contributed by atoms with E-state index >= 15 is 0 Å². The minimum atomic E-state index is 0.587. The first-order chi connectivity index (χ1) is 10.3. The molecule has 0 atom stereocenters. The van der Waals surface area contributed by atoms with E-state index in [-0.39, 0.29) is 0 Å². The number of benzene rings is 1. The molecule has 0 amide bonds. The normalized spacial score (nSPS) is 10.6. The van der Waals surface area contributed by atoms with Crippen LogP contribution in [0.25, 0.3) is 0 Å². The van der Waals surface area contributed by atoms with Crippen LogP contribution in [0.3, 0.4) is 0 Å². The summed E-state index contributed by atoms with van der Waals surface area (Å²) in [5, 5.41) is 4.17. The van der Waals surface area contributed by atoms with Gasteiger partial charge in [-0.05, 0) is 38.1 Å². The molecule has 0 unspecified atom stereocenters. The zero-order valence-electron chi connectivity index (χ0n) is 12.2. The van der Waals surface area contributed by atoms with Crippen LogP contribution in [0.2, 0.25) is 0 Å². The summed E-state index contributed by atoms with van der Waals surface area (Å²) in [5.74, 6) is 2.23. The van der Waals surface area contributed by atoms with Crippen LogP contribution in [0.4, 0.5) is 5.82 Å². The highest BCUT2D eigenvalue weighted by Gasteiger charge is 2.04. The van der Waals surface area contributed by atoms with Crippen molar-refractivity contribution in [2.24, 2.45) is 5.10 Å². The first-order valence-electron chi connectivity index (χ1n) is 6.93. The quantitative estimate of drug-likeness (QED) is 0.626. The average Bonchev–Trinajstić information content (AvgIpc) is 2.51. The second-order valence-electron chi connectivity index (χ2n) is 4.15. The summed E-state index contributed by atoms with van der Waals surface area (Å²) in [6, 6.07) is 11.3. The number of hydrogen-bond donors (Lipinski definition) is 1. The van der Waals surface area contributed by atoms with Crippen LogP contribution in [0.5, 0.6) is 11.5 Å². The minimum absolute atomic E-state index is 0.587. The van der Waals surface area contributed by atoms with Gasteiger partial charge in [-0.1, -0.05) is 6.07 Å². The fourth-order valence-electron chi connectivity index (χ4n) is 1.76. The molecule has 0 fully saturated rings. The number of hydrazone groups is 1. The molecule has 110 valence electrons. The van der Waals surface area contributed by atoms with Gasteiger partial charge in [-0.2, -0.15) is 5.10 Å². The molecule has 5 nitrogen and oxygen atoms in total. The standard InChI is InChI=1S/C16H19N3O2/c1-3-20-14-9-8-13(15(11-14)21-4-2)12-18-19-16-7-5-6-10-17-16/h5-12H,3-4H2,1-2H3,(H,17,19)/b18-12+. The van der Waals surface area contributed by atoms with E-state index in [2.05, 4.69) is 15.5 Å². The number of ether oxygens (including phenoxy) is 2. The molecule has 2 aromatic rings. The van der Waals surface area contributed by atoms with E-state index in [1.807, 2.05) is 50.2 Å². The van der Waals surface area contributed by atoms with Crippen LogP contribution < -0.4 is 14.9 Å². The lowest BCUT2D eigenvalue weighted by atomic mass is 10.2. The molecular weight excluding hydrogens is 266 g/mol. The van der Waals surface area contributed by atoms with Gasteiger partial charge in [-0.25, -0.2) is 4.98 Å². The maximum atomic E-state index is 5.61. The van der Waals surface area contributed by atoms with Crippen molar-refractivity contribution in [3.63, 3.8) is 0 Å². The smallest absolute Gasteiger partial charge is 0.146 e. The van der Waals surface area contributed by atoms with Crippen molar-refractivity contribution in [2.45, 2.75) is 13.8 Å². The minimum Gasteiger partial charge on any atom is -0.494 e. The van der Waals surface area contributed by atoms with Crippen molar-refractivity contribution in [3.05, 3.63) is 48.2 Å². The molecular formula is C16H19N3O2. The second-order valence-corrected chi connectivity index (χ2v) is 4.15. The fourth-order valence-corrected chi connectivity index (χ4v) is 1.76. The molecule has 0 saturated carbocycles. The Morgan fingerprint density at radius 2 is 2.00 bits per heavy atom. The van der Waals surface area contributed by atoms with Gasteiger partial charge in [0.05, 0.1) is 19.4 Å². The number of hydrogen-bond acceptors (Lipinski definition) is 5. The van der Waals surface area contributed by atoms with Crippen molar-refractivity contribution in [1.82, 2.24) is 4.98 Å². The SMILES string of the molecule is CCOc1ccc(/C=N/Nc2ccccn2)c(OCC)c1. The third-order valence-corrected chi connectivity index (χ3v) is 2.64. The van der Waals surface area contributed by atoms with E-state index in [1.165, 1.54) is 0 Å². The zero-order valence-corrected chi connectivity index (χ0v) is 12.2. The summed E-state index contributed by atoms with van der Waals surface area (Å²) >= 11 is 0. The van der Waals surface area contributed by atoms with Crippen molar-refractivity contribution < 1.29 is 9.47 Å². The van der Waals surface area contributed by atoms with Crippen LogP contribution in [0, 0.1) is 0 Å². The lowest BCUT2D eigenvalue weighted by Gasteiger charge is -2.10. The Kier molecular flexibility index (Phi) is 5.58. The Hall–Kier alpha value is -2.56. The molecule has 5 heteroatoms. The first-order valence-corrected chi connectivity index (χ1v) is 6.93. The molecule has 0 bridgehead atoms. The van der Waals surface area contributed by atoms with E-state index in [0.29, 0.717) is 19.0 Å². The topological polar surface area (TPSA) is 55.7 Å². The molecule has 1 aromatic carbocycles. The van der Waals surface area contributed by atoms with Gasteiger partial charge < -0.3 is 9.47 Å². The summed E-state index contributed by atoms with van der Waals surface area (Å²) < 4.78 is 11.1. The van der Waals surface area contributed by atoms with Gasteiger partial charge in [0.2, 0.25) is 0 Å². The number of nitrogens with zero attached hydrogens (tertiary/aromatic N) is 2. The Bertz CT molecular complexity index is 585. The van der Waals surface area contributed by atoms with Gasteiger partial charge in [0.15, 0.2) is 0 Å². The van der Waals surface area contributed by atoms with Gasteiger partial charge >= 0.3 is 0 Å². The zero-order chi connectivity index (χ0) is 14.9. The Morgan fingerprint density at radius 3 is 2.71 bits per heavy atom. The van der Waals surface area contributed by atoms with Crippen LogP contribution in [-0.2, 0) is 0 Å². The van der Waals surface area contributed by atoms with Gasteiger partial charge in [-0.3, -0.25) is 5.43 Å². The molecule has 1 heterocycles. The molecule has 0 spiro atoms. The van der Waals surface area contributed by atoms with Crippen LogP contribution in [-0.4, -0.2) is 24.4 Å². The number of nitrogens with one attached hydrogen (secondary N) is 1. The van der Waals surface area contributed by atoms with Crippen LogP contribution in [0.15, 0.2) is 47.7 Å². The highest BCUT2D eigenvalue weighted by molar-refractivity contribution is 5.84. The molecule has 0 radical (unpaired) electrons. The molecule has 0 aliphatic heterocycles. The molecule has 0 aliphatic carbocycles. The Balaban J connectivity index is 2.10. The van der Waals surface area contributed by atoms with Crippen LogP contribution >= 0.6 is 0 Å². The summed E-state index contributed by atoms with van der Waals surface area (Å²) in [6.07, 6.45) is 3.41. The van der Waals surface area contributed by atoms with Crippen molar-refractivity contribution >= 4 is 12.0 Å². The van der Waals surface area contributed by atoms with Crippen LogP contribution in [0.1, 0.15) is 19.4 Å². The fraction of sp³-hybridized carbons (Fsp3) is 0.250. The van der Waals surface area contributed by atoms with Gasteiger partial charge in [-0.15, -0.1) is 0 Å². The number of pyridine rings is 1. The highest BCUT2D eigenvalue weighted by atomic mass is 16.5. The highest BCUT2D eigenvalue weighted by Crippen LogP contribution is 2.24. The summed E-state index contributed by atoms with van der Waals surface area (Å²) in [5.41, 5.74) is 3.75. The maximum Gasteiger partial charge on any atom is 0.146 e. The molecule has 1 aromatic heterocycles. The van der Waals surface area contributed by atoms with E-state index in [1.54, 1.807) is 12.4 Å². The van der Waals surface area contributed by atoms with E-state index in [4.69, 9.17) is 9.47 Å². The Labute approximate surface area is 124 Å². The Morgan fingerprint density at radius 1 is 1.14 bits per heavy atom. The first kappa shape index (κ1) is 14.8. The van der Waals surface area contributed by atoms with E-state index in [9.17, 15) is 0 Å². The summed E-state index contributed by atoms with van der Waals surface area (Å²) in [6.45, 7) is 5.11. The van der Waals surface area contributed by atoms with Crippen molar-refractivity contribution in [2.75, 3.05) is 18.6 Å². The largest absolute Gasteiger partial charge is 0.494 e. The van der Waals surface area contributed by atoms with Crippen molar-refractivity contribution in [3.8, 4) is 11.5 Å². The maximum absolute atomic E-state index is 5.61. The van der Waals surface area contributed by atoms with E-state index in [0.717, 1.165) is 17.1 Å². The lowest BCUT2D eigenvalue weighted by molar-refractivity contribution is 0.323. The summed E-state index contributed by atoms with van der Waals surface area (Å²) in [4.78, 5) is 4.13. The summed E-state index contributed by atoms with van der Waals surface area (Å²) in [7, 11) is 0. The number of anilines is 1. The number of rotatable bonds is 7. The number of aromatic nitrogens is 1.